The molecule has 0 bridgehead atoms. The fraction of sp³-hybridized carbons (Fsp3) is 0.571. The molecule has 0 saturated heterocycles. The van der Waals surface area contributed by atoms with E-state index >= 15 is 0 Å². The number of nitrogens with zero attached hydrogens (tertiary/aromatic N) is 2. The number of thiocarbonyl (C=S) groups is 1. The van der Waals surface area contributed by atoms with Gasteiger partial charge in [0.15, 0.2) is 0 Å². The molecule has 0 aliphatic rings. The Kier molecular flexibility index (Phi) is 6.18. The highest BCUT2D eigenvalue weighted by atomic mass is 32.1. The van der Waals surface area contributed by atoms with Crippen molar-refractivity contribution in [1.82, 2.24) is 9.88 Å². The van der Waals surface area contributed by atoms with E-state index in [0.717, 1.165) is 42.1 Å². The van der Waals surface area contributed by atoms with E-state index in [-0.39, 0.29) is 0 Å². The van der Waals surface area contributed by atoms with Gasteiger partial charge in [0.05, 0.1) is 17.8 Å². The molecule has 0 radical (unpaired) electrons. The van der Waals surface area contributed by atoms with Crippen molar-refractivity contribution < 1.29 is 4.74 Å². The fourth-order valence-electron chi connectivity index (χ4n) is 2.19. The van der Waals surface area contributed by atoms with E-state index in [2.05, 4.69) is 16.8 Å². The normalized spacial score (nSPS) is 10.8. The van der Waals surface area contributed by atoms with E-state index in [4.69, 9.17) is 22.7 Å². The average molecular weight is 281 g/mol. The van der Waals surface area contributed by atoms with Crippen LogP contribution in [0.4, 0.5) is 0 Å². The number of pyridine rings is 1. The second-order valence-electron chi connectivity index (χ2n) is 4.72. The summed E-state index contributed by atoms with van der Waals surface area (Å²) < 4.78 is 5.43. The average Bonchev–Trinajstić information content (AvgIpc) is 2.33. The van der Waals surface area contributed by atoms with Crippen LogP contribution in [0.5, 0.6) is 5.75 Å². The predicted octanol–water partition coefficient (Wildman–Crippen LogP) is 2.21. The minimum Gasteiger partial charge on any atom is -0.496 e. The van der Waals surface area contributed by atoms with E-state index in [1.165, 1.54) is 0 Å². The number of hydrogen-bond acceptors (Lipinski definition) is 4. The van der Waals surface area contributed by atoms with Crippen molar-refractivity contribution in [1.29, 1.82) is 0 Å². The summed E-state index contributed by atoms with van der Waals surface area (Å²) in [7, 11) is 1.69. The molecule has 1 rings (SSSR count). The van der Waals surface area contributed by atoms with E-state index < -0.39 is 0 Å². The predicted molar refractivity (Wildman–Crippen MR) is 82.6 cm³/mol. The molecule has 0 atom stereocenters. The van der Waals surface area contributed by atoms with Crippen LogP contribution in [0.15, 0.2) is 6.20 Å². The SMILES string of the molecule is CCCN(CC(N)=S)Cc1ncc(C)c(OC)c1C. The highest BCUT2D eigenvalue weighted by Crippen LogP contribution is 2.24. The Hall–Kier alpha value is -1.20. The first-order valence-corrected chi connectivity index (χ1v) is 6.90. The second-order valence-corrected chi connectivity index (χ2v) is 5.25. The Bertz CT molecular complexity index is 449. The van der Waals surface area contributed by atoms with Gasteiger partial charge < -0.3 is 10.5 Å². The van der Waals surface area contributed by atoms with Gasteiger partial charge in [-0.3, -0.25) is 9.88 Å². The Morgan fingerprint density at radius 2 is 2.16 bits per heavy atom. The van der Waals surface area contributed by atoms with Crippen LogP contribution < -0.4 is 10.5 Å². The van der Waals surface area contributed by atoms with Crippen molar-refractivity contribution in [2.75, 3.05) is 20.2 Å². The lowest BCUT2D eigenvalue weighted by Crippen LogP contribution is -2.33. The first-order chi connectivity index (χ1) is 8.99. The number of ether oxygens (including phenoxy) is 1. The summed E-state index contributed by atoms with van der Waals surface area (Å²) in [6.45, 7) is 8.51. The summed E-state index contributed by atoms with van der Waals surface area (Å²) >= 11 is 5.00. The summed E-state index contributed by atoms with van der Waals surface area (Å²) in [4.78, 5) is 7.24. The summed E-state index contributed by atoms with van der Waals surface area (Å²) in [6.07, 6.45) is 2.91. The molecule has 19 heavy (non-hydrogen) atoms. The lowest BCUT2D eigenvalue weighted by atomic mass is 10.1. The molecule has 4 nitrogen and oxygen atoms in total. The van der Waals surface area contributed by atoms with Gasteiger partial charge in [0.1, 0.15) is 5.75 Å². The standard InChI is InChI=1S/C14H23N3OS/c1-5-6-17(9-13(15)19)8-12-11(3)14(18-4)10(2)7-16-12/h7H,5-6,8-9H2,1-4H3,(H2,15,19). The van der Waals surface area contributed by atoms with Crippen molar-refractivity contribution in [3.63, 3.8) is 0 Å². The number of hydrogen-bond donors (Lipinski definition) is 1. The lowest BCUT2D eigenvalue weighted by Gasteiger charge is -2.22. The van der Waals surface area contributed by atoms with Crippen molar-refractivity contribution in [2.45, 2.75) is 33.7 Å². The zero-order chi connectivity index (χ0) is 14.4. The molecule has 0 spiro atoms. The van der Waals surface area contributed by atoms with Crippen molar-refractivity contribution in [3.05, 3.63) is 23.0 Å². The number of aromatic nitrogens is 1. The molecule has 2 N–H and O–H groups in total. The van der Waals surface area contributed by atoms with Crippen LogP contribution in [0.3, 0.4) is 0 Å². The minimum absolute atomic E-state index is 0.519. The van der Waals surface area contributed by atoms with Crippen LogP contribution in [0.25, 0.3) is 0 Å². The minimum atomic E-state index is 0.519. The summed E-state index contributed by atoms with van der Waals surface area (Å²) in [6, 6.07) is 0. The lowest BCUT2D eigenvalue weighted by molar-refractivity contribution is 0.299. The van der Waals surface area contributed by atoms with Gasteiger partial charge in [0.25, 0.3) is 0 Å². The maximum absolute atomic E-state index is 5.64. The van der Waals surface area contributed by atoms with Crippen LogP contribution in [-0.4, -0.2) is 35.1 Å². The molecule has 0 aliphatic carbocycles. The number of methoxy groups -OCH3 is 1. The molecule has 1 aromatic rings. The third kappa shape index (κ3) is 4.44. The Morgan fingerprint density at radius 3 is 2.68 bits per heavy atom. The Labute approximate surface area is 121 Å². The molecule has 106 valence electrons. The van der Waals surface area contributed by atoms with Gasteiger partial charge in [-0.25, -0.2) is 0 Å². The van der Waals surface area contributed by atoms with Gasteiger partial charge in [-0.05, 0) is 26.8 Å². The quantitative estimate of drug-likeness (QED) is 0.777. The molecular weight excluding hydrogens is 258 g/mol. The number of rotatable bonds is 7. The van der Waals surface area contributed by atoms with Crippen molar-refractivity contribution in [2.24, 2.45) is 5.73 Å². The van der Waals surface area contributed by atoms with Crippen LogP contribution in [0.1, 0.15) is 30.2 Å². The molecule has 1 heterocycles. The molecule has 0 amide bonds. The molecule has 5 heteroatoms. The topological polar surface area (TPSA) is 51.4 Å². The maximum Gasteiger partial charge on any atom is 0.128 e. The Balaban J connectivity index is 2.93. The van der Waals surface area contributed by atoms with E-state index in [9.17, 15) is 0 Å². The molecule has 0 fully saturated rings. The largest absolute Gasteiger partial charge is 0.496 e. The van der Waals surface area contributed by atoms with Crippen molar-refractivity contribution >= 4 is 17.2 Å². The van der Waals surface area contributed by atoms with E-state index in [0.29, 0.717) is 11.5 Å². The first-order valence-electron chi connectivity index (χ1n) is 6.49. The summed E-state index contributed by atoms with van der Waals surface area (Å²) in [5, 5.41) is 0. The van der Waals surface area contributed by atoms with Crippen LogP contribution in [-0.2, 0) is 6.54 Å². The number of nitrogens with two attached hydrogens (primary N) is 1. The highest BCUT2D eigenvalue weighted by molar-refractivity contribution is 7.80. The zero-order valence-corrected chi connectivity index (χ0v) is 13.0. The molecule has 0 aliphatic heterocycles. The number of aryl methyl sites for hydroxylation is 1. The molecule has 0 aromatic carbocycles. The summed E-state index contributed by atoms with van der Waals surface area (Å²) in [5.74, 6) is 0.914. The van der Waals surface area contributed by atoms with Crippen LogP contribution in [0.2, 0.25) is 0 Å². The molecule has 0 saturated carbocycles. The van der Waals surface area contributed by atoms with Gasteiger partial charge in [-0.15, -0.1) is 0 Å². The fourth-order valence-corrected chi connectivity index (χ4v) is 2.38. The first kappa shape index (κ1) is 15.9. The smallest absolute Gasteiger partial charge is 0.128 e. The van der Waals surface area contributed by atoms with E-state index in [1.807, 2.05) is 20.0 Å². The maximum atomic E-state index is 5.64. The monoisotopic (exact) mass is 281 g/mol. The van der Waals surface area contributed by atoms with E-state index in [1.54, 1.807) is 7.11 Å². The third-order valence-electron chi connectivity index (χ3n) is 3.04. The Morgan fingerprint density at radius 1 is 1.47 bits per heavy atom. The molecule has 1 aromatic heterocycles. The third-order valence-corrected chi connectivity index (χ3v) is 3.17. The van der Waals surface area contributed by atoms with Gasteiger partial charge in [-0.2, -0.15) is 0 Å². The highest BCUT2D eigenvalue weighted by Gasteiger charge is 2.13. The zero-order valence-electron chi connectivity index (χ0n) is 12.2. The summed E-state index contributed by atoms with van der Waals surface area (Å²) in [5.41, 5.74) is 8.81. The van der Waals surface area contributed by atoms with Gasteiger partial charge in [-0.1, -0.05) is 19.1 Å². The van der Waals surface area contributed by atoms with Crippen molar-refractivity contribution in [3.8, 4) is 5.75 Å². The molecule has 0 unspecified atom stereocenters. The van der Waals surface area contributed by atoms with Gasteiger partial charge >= 0.3 is 0 Å². The van der Waals surface area contributed by atoms with Gasteiger partial charge in [0.2, 0.25) is 0 Å². The van der Waals surface area contributed by atoms with Gasteiger partial charge in [0, 0.05) is 30.4 Å². The van der Waals surface area contributed by atoms with Crippen LogP contribution >= 0.6 is 12.2 Å². The second kappa shape index (κ2) is 7.40. The molecular formula is C14H23N3OS. The van der Waals surface area contributed by atoms with Crippen LogP contribution in [0, 0.1) is 13.8 Å².